The van der Waals surface area contributed by atoms with Crippen LogP contribution in [0.1, 0.15) is 27.7 Å². The van der Waals surface area contributed by atoms with Crippen molar-refractivity contribution in [2.75, 3.05) is 37.7 Å². The monoisotopic (exact) mass is 420 g/mol. The minimum absolute atomic E-state index is 0.256. The maximum Gasteiger partial charge on any atom is 0.338 e. The van der Waals surface area contributed by atoms with E-state index in [1.807, 2.05) is 42.5 Å². The Morgan fingerprint density at radius 1 is 0.967 bits per heavy atom. The Bertz CT molecular complexity index is 988. The number of nitrogens with zero attached hydrogens (tertiary/aromatic N) is 2. The standard InChI is InChI=1S/C25H28N2O2S/c1-3-29-25(28)20-9-11-22(12-10-20)27-16-14-26(15-17-27)18-21-6-4-5-7-23(21)24-13-8-19(2)30-24/h4-13H,3,14-18H2,1-2H3. The second-order valence-electron chi connectivity index (χ2n) is 7.60. The Labute approximate surface area is 182 Å². The van der Waals surface area contributed by atoms with Crippen LogP contribution in [0.5, 0.6) is 0 Å². The highest BCUT2D eigenvalue weighted by molar-refractivity contribution is 7.15. The lowest BCUT2D eigenvalue weighted by atomic mass is 10.1. The number of rotatable bonds is 6. The molecular formula is C25H28N2O2S. The predicted octanol–water partition coefficient (Wildman–Crippen LogP) is 5.22. The average Bonchev–Trinajstić information content (AvgIpc) is 3.21. The molecular weight excluding hydrogens is 392 g/mol. The molecule has 0 spiro atoms. The average molecular weight is 421 g/mol. The van der Waals surface area contributed by atoms with Crippen LogP contribution in [0, 0.1) is 6.92 Å². The van der Waals surface area contributed by atoms with Gasteiger partial charge in [0.25, 0.3) is 0 Å². The van der Waals surface area contributed by atoms with Gasteiger partial charge in [-0.25, -0.2) is 4.79 Å². The largest absolute Gasteiger partial charge is 0.462 e. The van der Waals surface area contributed by atoms with Gasteiger partial charge in [-0.05, 0) is 61.4 Å². The summed E-state index contributed by atoms with van der Waals surface area (Å²) in [5.74, 6) is -0.256. The molecule has 0 atom stereocenters. The second kappa shape index (κ2) is 9.45. The summed E-state index contributed by atoms with van der Waals surface area (Å²) in [6.45, 7) is 9.38. The first-order valence-electron chi connectivity index (χ1n) is 10.5. The zero-order valence-electron chi connectivity index (χ0n) is 17.6. The molecule has 3 aromatic rings. The molecule has 0 N–H and O–H groups in total. The number of benzene rings is 2. The molecule has 0 radical (unpaired) electrons. The van der Waals surface area contributed by atoms with Crippen LogP contribution in [-0.2, 0) is 11.3 Å². The van der Waals surface area contributed by atoms with Gasteiger partial charge in [0.05, 0.1) is 12.2 Å². The van der Waals surface area contributed by atoms with Gasteiger partial charge in [-0.1, -0.05) is 24.3 Å². The van der Waals surface area contributed by atoms with Crippen molar-refractivity contribution < 1.29 is 9.53 Å². The third-order valence-electron chi connectivity index (χ3n) is 5.53. The Kier molecular flexibility index (Phi) is 6.50. The molecule has 0 unspecified atom stereocenters. The fraction of sp³-hybridized carbons (Fsp3) is 0.320. The summed E-state index contributed by atoms with van der Waals surface area (Å²) in [7, 11) is 0. The number of esters is 1. The maximum absolute atomic E-state index is 11.8. The molecule has 0 saturated carbocycles. The van der Waals surface area contributed by atoms with E-state index in [1.165, 1.54) is 20.9 Å². The number of hydrogen-bond acceptors (Lipinski definition) is 5. The van der Waals surface area contributed by atoms with Gasteiger partial charge in [-0.2, -0.15) is 0 Å². The smallest absolute Gasteiger partial charge is 0.338 e. The highest BCUT2D eigenvalue weighted by atomic mass is 32.1. The van der Waals surface area contributed by atoms with Gasteiger partial charge in [-0.3, -0.25) is 4.90 Å². The molecule has 0 bridgehead atoms. The molecule has 1 aromatic heterocycles. The number of ether oxygens (including phenoxy) is 1. The van der Waals surface area contributed by atoms with Gasteiger partial charge >= 0.3 is 5.97 Å². The first-order valence-corrected chi connectivity index (χ1v) is 11.3. The van der Waals surface area contributed by atoms with E-state index in [9.17, 15) is 4.79 Å². The molecule has 0 amide bonds. The van der Waals surface area contributed by atoms with Crippen LogP contribution < -0.4 is 4.90 Å². The molecule has 30 heavy (non-hydrogen) atoms. The normalized spacial score (nSPS) is 14.7. The summed E-state index contributed by atoms with van der Waals surface area (Å²) in [6, 6.07) is 21.0. The number of hydrogen-bond donors (Lipinski definition) is 0. The zero-order valence-corrected chi connectivity index (χ0v) is 18.5. The number of carbonyl (C=O) groups excluding carboxylic acids is 1. The van der Waals surface area contributed by atoms with Crippen LogP contribution in [-0.4, -0.2) is 43.7 Å². The fourth-order valence-electron chi connectivity index (χ4n) is 3.91. The van der Waals surface area contributed by atoms with E-state index in [2.05, 4.69) is 53.1 Å². The topological polar surface area (TPSA) is 32.8 Å². The maximum atomic E-state index is 11.8. The lowest BCUT2D eigenvalue weighted by Crippen LogP contribution is -2.46. The van der Waals surface area contributed by atoms with Gasteiger partial charge in [0.15, 0.2) is 0 Å². The molecule has 1 aliphatic heterocycles. The summed E-state index contributed by atoms with van der Waals surface area (Å²) in [6.07, 6.45) is 0. The first-order chi connectivity index (χ1) is 14.6. The van der Waals surface area contributed by atoms with Gasteiger partial charge in [-0.15, -0.1) is 11.3 Å². The Hall–Kier alpha value is -2.63. The molecule has 1 saturated heterocycles. The minimum Gasteiger partial charge on any atom is -0.462 e. The summed E-state index contributed by atoms with van der Waals surface area (Å²) >= 11 is 1.86. The van der Waals surface area contributed by atoms with Crippen LogP contribution in [0.15, 0.2) is 60.7 Å². The summed E-state index contributed by atoms with van der Waals surface area (Å²) in [5.41, 5.74) is 4.52. The van der Waals surface area contributed by atoms with Crippen molar-refractivity contribution in [1.29, 1.82) is 0 Å². The number of thiophene rings is 1. The Balaban J connectivity index is 1.37. The lowest BCUT2D eigenvalue weighted by molar-refractivity contribution is 0.0526. The van der Waals surface area contributed by atoms with Crippen molar-refractivity contribution in [3.8, 4) is 10.4 Å². The summed E-state index contributed by atoms with van der Waals surface area (Å²) in [5, 5.41) is 0. The fourth-order valence-corrected chi connectivity index (χ4v) is 4.83. The van der Waals surface area contributed by atoms with E-state index >= 15 is 0 Å². The zero-order chi connectivity index (χ0) is 20.9. The predicted molar refractivity (Wildman–Crippen MR) is 124 cm³/mol. The van der Waals surface area contributed by atoms with E-state index in [4.69, 9.17) is 4.74 Å². The SMILES string of the molecule is CCOC(=O)c1ccc(N2CCN(Cc3ccccc3-c3ccc(C)s3)CC2)cc1. The molecule has 1 aliphatic rings. The third-order valence-corrected chi connectivity index (χ3v) is 6.57. The Morgan fingerprint density at radius 3 is 2.37 bits per heavy atom. The van der Waals surface area contributed by atoms with Crippen LogP contribution in [0.25, 0.3) is 10.4 Å². The minimum atomic E-state index is -0.256. The van der Waals surface area contributed by atoms with Crippen molar-refractivity contribution in [1.82, 2.24) is 4.90 Å². The summed E-state index contributed by atoms with van der Waals surface area (Å²) in [4.78, 5) is 19.5. The van der Waals surface area contributed by atoms with E-state index in [0.29, 0.717) is 12.2 Å². The molecule has 4 nitrogen and oxygen atoms in total. The van der Waals surface area contributed by atoms with Crippen LogP contribution >= 0.6 is 11.3 Å². The lowest BCUT2D eigenvalue weighted by Gasteiger charge is -2.36. The van der Waals surface area contributed by atoms with Gasteiger partial charge in [0.1, 0.15) is 0 Å². The van der Waals surface area contributed by atoms with Crippen molar-refractivity contribution >= 4 is 23.0 Å². The van der Waals surface area contributed by atoms with Gasteiger partial charge in [0, 0.05) is 48.2 Å². The molecule has 0 aliphatic carbocycles. The quantitative estimate of drug-likeness (QED) is 0.512. The van der Waals surface area contributed by atoms with Gasteiger partial charge < -0.3 is 9.64 Å². The third kappa shape index (κ3) is 4.74. The molecule has 2 aromatic carbocycles. The highest BCUT2D eigenvalue weighted by Crippen LogP contribution is 2.31. The molecule has 1 fully saturated rings. The van der Waals surface area contributed by atoms with E-state index in [-0.39, 0.29) is 5.97 Å². The van der Waals surface area contributed by atoms with Crippen LogP contribution in [0.3, 0.4) is 0 Å². The number of anilines is 1. The Morgan fingerprint density at radius 2 is 1.70 bits per heavy atom. The van der Waals surface area contributed by atoms with Crippen molar-refractivity contribution in [2.24, 2.45) is 0 Å². The van der Waals surface area contributed by atoms with Crippen molar-refractivity contribution in [2.45, 2.75) is 20.4 Å². The van der Waals surface area contributed by atoms with E-state index in [0.717, 1.165) is 38.4 Å². The summed E-state index contributed by atoms with van der Waals surface area (Å²) < 4.78 is 5.07. The van der Waals surface area contributed by atoms with Crippen LogP contribution in [0.4, 0.5) is 5.69 Å². The number of piperazine rings is 1. The van der Waals surface area contributed by atoms with Gasteiger partial charge in [0.2, 0.25) is 0 Å². The van der Waals surface area contributed by atoms with Crippen molar-refractivity contribution in [3.63, 3.8) is 0 Å². The molecule has 4 rings (SSSR count). The molecule has 2 heterocycles. The molecule has 156 valence electrons. The van der Waals surface area contributed by atoms with E-state index < -0.39 is 0 Å². The number of aryl methyl sites for hydroxylation is 1. The number of carbonyl (C=O) groups is 1. The first kappa shape index (κ1) is 20.6. The second-order valence-corrected chi connectivity index (χ2v) is 8.89. The van der Waals surface area contributed by atoms with Crippen LogP contribution in [0.2, 0.25) is 0 Å². The highest BCUT2D eigenvalue weighted by Gasteiger charge is 2.19. The van der Waals surface area contributed by atoms with E-state index in [1.54, 1.807) is 0 Å². The molecule has 5 heteroatoms. The van der Waals surface area contributed by atoms with Crippen molar-refractivity contribution in [3.05, 3.63) is 76.7 Å².